The van der Waals surface area contributed by atoms with E-state index in [0.29, 0.717) is 53.7 Å². The molecule has 39 heavy (non-hydrogen) atoms. The van der Waals surface area contributed by atoms with Gasteiger partial charge in [-0.2, -0.15) is 10.4 Å². The number of halogens is 1. The van der Waals surface area contributed by atoms with Gasteiger partial charge in [-0.1, -0.05) is 12.1 Å². The fourth-order valence-electron chi connectivity index (χ4n) is 4.35. The van der Waals surface area contributed by atoms with Crippen LogP contribution in [-0.4, -0.2) is 59.9 Å². The van der Waals surface area contributed by atoms with Crippen LogP contribution in [0.5, 0.6) is 11.5 Å². The number of anilines is 3. The fraction of sp³-hybridized carbons (Fsp3) is 0.250. The van der Waals surface area contributed by atoms with Gasteiger partial charge >= 0.3 is 6.03 Å². The van der Waals surface area contributed by atoms with Crippen LogP contribution in [0.25, 0.3) is 5.52 Å². The van der Waals surface area contributed by atoms with Crippen LogP contribution in [0, 0.1) is 24.1 Å². The Morgan fingerprint density at radius 1 is 1.18 bits per heavy atom. The number of nitrogens with zero attached hydrogens (tertiary/aromatic N) is 4. The van der Waals surface area contributed by atoms with Gasteiger partial charge in [-0.15, -0.1) is 0 Å². The number of aryl methyl sites for hydroxylation is 1. The number of fused-ring (bicyclic) bond motifs is 1. The Labute approximate surface area is 224 Å². The van der Waals surface area contributed by atoms with Crippen LogP contribution in [0.3, 0.4) is 0 Å². The maximum atomic E-state index is 13.9. The number of carbonyl (C=O) groups excluding carboxylic acids is 1. The largest absolute Gasteiger partial charge is 0.454 e. The van der Waals surface area contributed by atoms with Gasteiger partial charge in [0.2, 0.25) is 0 Å². The molecule has 0 radical (unpaired) electrons. The van der Waals surface area contributed by atoms with Gasteiger partial charge in [0.1, 0.15) is 11.8 Å². The van der Waals surface area contributed by atoms with Crippen LogP contribution in [-0.2, 0) is 4.74 Å². The number of benzene rings is 2. The number of morpholine rings is 1. The van der Waals surface area contributed by atoms with Crippen molar-refractivity contribution in [3.8, 4) is 17.6 Å². The van der Waals surface area contributed by atoms with Crippen LogP contribution in [0.4, 0.5) is 26.2 Å². The number of aromatic nitrogens is 2. The van der Waals surface area contributed by atoms with Crippen molar-refractivity contribution >= 4 is 28.6 Å². The second-order valence-electron chi connectivity index (χ2n) is 9.02. The smallest absolute Gasteiger partial charge is 0.319 e. The molecule has 1 fully saturated rings. The fourth-order valence-corrected chi connectivity index (χ4v) is 4.35. The molecule has 0 bridgehead atoms. The third-order valence-corrected chi connectivity index (χ3v) is 6.43. The number of para-hydroxylation sites is 1. The summed E-state index contributed by atoms with van der Waals surface area (Å²) in [5, 5.41) is 23.2. The molecule has 2 aromatic carbocycles. The number of hydrogen-bond donors (Lipinski definition) is 3. The Hall–Kier alpha value is -4.66. The average molecular weight is 530 g/mol. The van der Waals surface area contributed by atoms with E-state index < -0.39 is 5.82 Å². The molecule has 1 saturated heterocycles. The summed E-state index contributed by atoms with van der Waals surface area (Å²) in [7, 11) is 0. The normalized spacial score (nSPS) is 13.6. The predicted octanol–water partition coefficient (Wildman–Crippen LogP) is 4.64. The van der Waals surface area contributed by atoms with Crippen molar-refractivity contribution in [3.63, 3.8) is 0 Å². The number of ether oxygens (including phenoxy) is 2. The van der Waals surface area contributed by atoms with Gasteiger partial charge in [0.15, 0.2) is 11.6 Å². The second-order valence-corrected chi connectivity index (χ2v) is 9.02. The van der Waals surface area contributed by atoms with Crippen LogP contribution in [0.1, 0.15) is 11.1 Å². The van der Waals surface area contributed by atoms with E-state index in [2.05, 4.69) is 32.0 Å². The van der Waals surface area contributed by atoms with Crippen molar-refractivity contribution in [2.24, 2.45) is 0 Å². The summed E-state index contributed by atoms with van der Waals surface area (Å²) in [5.41, 5.74) is 3.58. The average Bonchev–Trinajstić information content (AvgIpc) is 3.26. The zero-order valence-corrected chi connectivity index (χ0v) is 21.4. The lowest BCUT2D eigenvalue weighted by Crippen LogP contribution is -2.42. The summed E-state index contributed by atoms with van der Waals surface area (Å²) in [6.45, 7) is 6.26. The summed E-state index contributed by atoms with van der Waals surface area (Å²) in [6.07, 6.45) is 3.18. The van der Waals surface area contributed by atoms with E-state index in [0.717, 1.165) is 25.2 Å². The number of rotatable bonds is 8. The minimum absolute atomic E-state index is 0.134. The van der Waals surface area contributed by atoms with E-state index in [-0.39, 0.29) is 11.8 Å². The standard InChI is InChI=1S/C28H28FN7O3/c1-19-24(34-28(37)31-10-11-35-12-14-38-15-13-35)18-36-27(19)26(20(16-30)17-32-36)33-21-6-8-22(9-7-21)39-25-5-3-2-4-23(25)29/h2-9,17-18,33H,10-15H2,1H3,(H2,31,34,37). The van der Waals surface area contributed by atoms with Crippen molar-refractivity contribution in [1.82, 2.24) is 19.8 Å². The van der Waals surface area contributed by atoms with Gasteiger partial charge in [-0.05, 0) is 43.3 Å². The van der Waals surface area contributed by atoms with Gasteiger partial charge in [-0.25, -0.2) is 13.7 Å². The third-order valence-electron chi connectivity index (χ3n) is 6.43. The van der Waals surface area contributed by atoms with E-state index in [1.807, 2.05) is 6.92 Å². The molecule has 1 aliphatic rings. The lowest BCUT2D eigenvalue weighted by molar-refractivity contribution is 0.0388. The molecule has 5 rings (SSSR count). The first-order chi connectivity index (χ1) is 19.0. The summed E-state index contributed by atoms with van der Waals surface area (Å²) in [6, 6.07) is 15.0. The first-order valence-electron chi connectivity index (χ1n) is 12.6. The maximum absolute atomic E-state index is 13.9. The van der Waals surface area contributed by atoms with Crippen LogP contribution >= 0.6 is 0 Å². The van der Waals surface area contributed by atoms with Gasteiger partial charge in [0.05, 0.1) is 48.1 Å². The molecular weight excluding hydrogens is 501 g/mol. The molecular formula is C28H28FN7O3. The molecule has 0 atom stereocenters. The predicted molar refractivity (Wildman–Crippen MR) is 145 cm³/mol. The first-order valence-corrected chi connectivity index (χ1v) is 12.6. The molecule has 4 aromatic rings. The summed E-state index contributed by atoms with van der Waals surface area (Å²) >= 11 is 0. The monoisotopic (exact) mass is 529 g/mol. The first kappa shape index (κ1) is 26.0. The van der Waals surface area contributed by atoms with E-state index in [1.54, 1.807) is 53.2 Å². The van der Waals surface area contributed by atoms with Crippen LogP contribution in [0.2, 0.25) is 0 Å². The quantitative estimate of drug-likeness (QED) is 0.304. The van der Waals surface area contributed by atoms with Crippen molar-refractivity contribution in [2.75, 3.05) is 50.0 Å². The van der Waals surface area contributed by atoms with Gasteiger partial charge in [0, 0.05) is 37.4 Å². The number of hydrogen-bond acceptors (Lipinski definition) is 7. The number of nitrogens with one attached hydrogen (secondary N) is 3. The van der Waals surface area contributed by atoms with Crippen LogP contribution in [0.15, 0.2) is 60.9 Å². The van der Waals surface area contributed by atoms with E-state index in [1.165, 1.54) is 12.3 Å². The molecule has 2 amide bonds. The Morgan fingerprint density at radius 2 is 1.95 bits per heavy atom. The Morgan fingerprint density at radius 3 is 2.69 bits per heavy atom. The minimum atomic E-state index is -0.448. The Balaban J connectivity index is 1.30. The number of nitriles is 1. The van der Waals surface area contributed by atoms with Crippen LogP contribution < -0.4 is 20.7 Å². The summed E-state index contributed by atoms with van der Waals surface area (Å²) < 4.78 is 26.5. The highest BCUT2D eigenvalue weighted by Crippen LogP contribution is 2.33. The minimum Gasteiger partial charge on any atom is -0.454 e. The van der Waals surface area contributed by atoms with Gasteiger partial charge in [0.25, 0.3) is 0 Å². The highest BCUT2D eigenvalue weighted by molar-refractivity contribution is 5.94. The molecule has 11 heteroatoms. The SMILES string of the molecule is Cc1c(NC(=O)NCCN2CCOCC2)cn2ncc(C#N)c(Nc3ccc(Oc4ccccc4F)cc3)c12. The summed E-state index contributed by atoms with van der Waals surface area (Å²) in [5.74, 6) is 0.155. The molecule has 3 heterocycles. The number of carbonyl (C=O) groups is 1. The molecule has 1 aliphatic heterocycles. The third kappa shape index (κ3) is 6.09. The van der Waals surface area contributed by atoms with Crippen molar-refractivity contribution < 1.29 is 18.7 Å². The van der Waals surface area contributed by atoms with Gasteiger partial charge in [-0.3, -0.25) is 4.90 Å². The molecule has 2 aromatic heterocycles. The zero-order valence-electron chi connectivity index (χ0n) is 21.4. The lowest BCUT2D eigenvalue weighted by atomic mass is 10.1. The molecule has 200 valence electrons. The number of amides is 2. The van der Waals surface area contributed by atoms with E-state index >= 15 is 0 Å². The number of urea groups is 1. The molecule has 0 unspecified atom stereocenters. The van der Waals surface area contributed by atoms with Crippen molar-refractivity contribution in [1.29, 1.82) is 5.26 Å². The zero-order chi connectivity index (χ0) is 27.2. The van der Waals surface area contributed by atoms with E-state index in [9.17, 15) is 14.4 Å². The Bertz CT molecular complexity index is 1510. The molecule has 0 aliphatic carbocycles. The Kier molecular flexibility index (Phi) is 7.86. The molecule has 0 saturated carbocycles. The van der Waals surface area contributed by atoms with Crippen molar-refractivity contribution in [3.05, 3.63) is 77.9 Å². The van der Waals surface area contributed by atoms with Crippen molar-refractivity contribution in [2.45, 2.75) is 6.92 Å². The maximum Gasteiger partial charge on any atom is 0.319 e. The topological polar surface area (TPSA) is 116 Å². The van der Waals surface area contributed by atoms with E-state index in [4.69, 9.17) is 9.47 Å². The van der Waals surface area contributed by atoms with Gasteiger partial charge < -0.3 is 25.4 Å². The lowest BCUT2D eigenvalue weighted by Gasteiger charge is -2.26. The highest BCUT2D eigenvalue weighted by atomic mass is 19.1. The second kappa shape index (κ2) is 11.8. The molecule has 3 N–H and O–H groups in total. The highest BCUT2D eigenvalue weighted by Gasteiger charge is 2.18. The summed E-state index contributed by atoms with van der Waals surface area (Å²) in [4.78, 5) is 14.8. The molecule has 10 nitrogen and oxygen atoms in total. The molecule has 0 spiro atoms.